The topological polar surface area (TPSA) is 77.0 Å². The third-order valence-corrected chi connectivity index (χ3v) is 2.61. The van der Waals surface area contributed by atoms with Crippen molar-refractivity contribution in [1.29, 1.82) is 0 Å². The number of aromatic hydroxyl groups is 1. The van der Waals surface area contributed by atoms with Gasteiger partial charge < -0.3 is 14.2 Å². The summed E-state index contributed by atoms with van der Waals surface area (Å²) in [6.07, 6.45) is 3.31. The van der Waals surface area contributed by atoms with Crippen LogP contribution in [0.1, 0.15) is 0 Å². The first-order valence-corrected chi connectivity index (χ1v) is 5.34. The zero-order valence-electron chi connectivity index (χ0n) is 9.61. The predicted octanol–water partition coefficient (Wildman–Crippen LogP) is 1.84. The molecular weight excluding hydrogens is 232 g/mol. The van der Waals surface area contributed by atoms with Crippen LogP contribution in [0.2, 0.25) is 0 Å². The van der Waals surface area contributed by atoms with Crippen LogP contribution in [0.4, 0.5) is 0 Å². The van der Waals surface area contributed by atoms with E-state index in [1.165, 1.54) is 0 Å². The predicted molar refractivity (Wildman–Crippen MR) is 63.6 cm³/mol. The van der Waals surface area contributed by atoms with E-state index in [0.29, 0.717) is 11.4 Å². The average Bonchev–Trinajstić information content (AvgIpc) is 2.98. The molecule has 6 nitrogen and oxygen atoms in total. The van der Waals surface area contributed by atoms with Crippen LogP contribution in [0.3, 0.4) is 0 Å². The summed E-state index contributed by atoms with van der Waals surface area (Å²) in [6.45, 7) is 0. The molecule has 2 heterocycles. The molecule has 0 saturated heterocycles. The third-order valence-electron chi connectivity index (χ3n) is 2.61. The number of phenols is 1. The molecule has 0 spiro atoms. The Balaban J connectivity index is 2.05. The first-order chi connectivity index (χ1) is 8.75. The Morgan fingerprint density at radius 2 is 2.11 bits per heavy atom. The minimum absolute atomic E-state index is 0.109. The first kappa shape index (κ1) is 10.5. The molecule has 0 unspecified atom stereocenters. The summed E-state index contributed by atoms with van der Waals surface area (Å²) >= 11 is 0. The van der Waals surface area contributed by atoms with Crippen LogP contribution < -0.4 is 0 Å². The van der Waals surface area contributed by atoms with Gasteiger partial charge in [0.25, 0.3) is 5.89 Å². The van der Waals surface area contributed by atoms with Crippen molar-refractivity contribution >= 4 is 0 Å². The lowest BCUT2D eigenvalue weighted by atomic mass is 10.2. The van der Waals surface area contributed by atoms with Gasteiger partial charge in [-0.3, -0.25) is 0 Å². The Hall–Kier alpha value is -2.63. The van der Waals surface area contributed by atoms with Gasteiger partial charge in [-0.25, -0.2) is 4.98 Å². The molecule has 90 valence electrons. The van der Waals surface area contributed by atoms with Crippen LogP contribution >= 0.6 is 0 Å². The Morgan fingerprint density at radius 3 is 2.83 bits per heavy atom. The van der Waals surface area contributed by atoms with Crippen LogP contribution in [-0.2, 0) is 7.05 Å². The number of rotatable bonds is 2. The molecule has 0 bridgehead atoms. The van der Waals surface area contributed by atoms with Crippen LogP contribution in [0.5, 0.6) is 5.75 Å². The summed E-state index contributed by atoms with van der Waals surface area (Å²) in [5.41, 5.74) is 1.26. The van der Waals surface area contributed by atoms with Crippen molar-refractivity contribution in [1.82, 2.24) is 19.7 Å². The third kappa shape index (κ3) is 1.64. The van der Waals surface area contributed by atoms with E-state index in [-0.39, 0.29) is 11.6 Å². The van der Waals surface area contributed by atoms with Gasteiger partial charge in [0.2, 0.25) is 5.82 Å². The molecule has 6 heteroatoms. The van der Waals surface area contributed by atoms with Crippen LogP contribution in [0.25, 0.3) is 23.0 Å². The highest BCUT2D eigenvalue weighted by Gasteiger charge is 2.15. The molecule has 0 fully saturated rings. The SMILES string of the molecule is Cn1cncc1-c1noc(-c2ccccc2O)n1. The number of aryl methyl sites for hydroxylation is 1. The molecule has 1 aromatic carbocycles. The van der Waals surface area contributed by atoms with Crippen LogP contribution in [0, 0.1) is 0 Å². The van der Waals surface area contributed by atoms with E-state index in [2.05, 4.69) is 15.1 Å². The van der Waals surface area contributed by atoms with Crippen molar-refractivity contribution < 1.29 is 9.63 Å². The molecule has 0 atom stereocenters. The highest BCUT2D eigenvalue weighted by Crippen LogP contribution is 2.28. The molecule has 0 aliphatic heterocycles. The molecule has 18 heavy (non-hydrogen) atoms. The van der Waals surface area contributed by atoms with E-state index in [0.717, 1.165) is 5.69 Å². The fourth-order valence-electron chi connectivity index (χ4n) is 1.66. The van der Waals surface area contributed by atoms with E-state index in [4.69, 9.17) is 4.52 Å². The summed E-state index contributed by atoms with van der Waals surface area (Å²) in [4.78, 5) is 8.24. The molecule has 0 aliphatic rings. The highest BCUT2D eigenvalue weighted by atomic mass is 16.5. The number of benzene rings is 1. The molecule has 1 N–H and O–H groups in total. The lowest BCUT2D eigenvalue weighted by molar-refractivity contribution is 0.425. The largest absolute Gasteiger partial charge is 0.507 e. The molecule has 3 rings (SSSR count). The number of hydrogen-bond acceptors (Lipinski definition) is 5. The summed E-state index contributed by atoms with van der Waals surface area (Å²) in [7, 11) is 1.85. The Morgan fingerprint density at radius 1 is 1.28 bits per heavy atom. The van der Waals surface area contributed by atoms with E-state index in [1.807, 2.05) is 7.05 Å². The highest BCUT2D eigenvalue weighted by molar-refractivity contribution is 5.63. The smallest absolute Gasteiger partial charge is 0.262 e. The Labute approximate surface area is 103 Å². The first-order valence-electron chi connectivity index (χ1n) is 5.34. The van der Waals surface area contributed by atoms with Crippen molar-refractivity contribution in [3.63, 3.8) is 0 Å². The molecule has 0 saturated carbocycles. The number of nitrogens with zero attached hydrogens (tertiary/aromatic N) is 4. The fraction of sp³-hybridized carbons (Fsp3) is 0.0833. The summed E-state index contributed by atoms with van der Waals surface area (Å²) in [5, 5.41) is 13.6. The van der Waals surface area contributed by atoms with Crippen molar-refractivity contribution in [2.24, 2.45) is 7.05 Å². The van der Waals surface area contributed by atoms with Crippen molar-refractivity contribution in [3.05, 3.63) is 36.8 Å². The molecule has 2 aromatic heterocycles. The van der Waals surface area contributed by atoms with Gasteiger partial charge in [0.15, 0.2) is 0 Å². The minimum atomic E-state index is 0.109. The average molecular weight is 242 g/mol. The van der Waals surface area contributed by atoms with Crippen LogP contribution in [-0.4, -0.2) is 24.8 Å². The van der Waals surface area contributed by atoms with Gasteiger partial charge in [-0.2, -0.15) is 4.98 Å². The second-order valence-corrected chi connectivity index (χ2v) is 3.83. The number of para-hydroxylation sites is 1. The number of phenolic OH excluding ortho intramolecular Hbond substituents is 1. The fourth-order valence-corrected chi connectivity index (χ4v) is 1.66. The molecule has 0 aliphatic carbocycles. The lowest BCUT2D eigenvalue weighted by Crippen LogP contribution is -1.90. The molecule has 3 aromatic rings. The Kier molecular flexibility index (Phi) is 2.33. The Bertz CT molecular complexity index is 687. The molecular formula is C12H10N4O2. The minimum Gasteiger partial charge on any atom is -0.507 e. The number of hydrogen-bond donors (Lipinski definition) is 1. The summed E-state index contributed by atoms with van der Waals surface area (Å²) in [6, 6.07) is 6.82. The second-order valence-electron chi connectivity index (χ2n) is 3.83. The molecule has 0 radical (unpaired) electrons. The van der Waals surface area contributed by atoms with Gasteiger partial charge in [0.05, 0.1) is 18.1 Å². The van der Waals surface area contributed by atoms with Crippen molar-refractivity contribution in [3.8, 4) is 28.7 Å². The van der Waals surface area contributed by atoms with Gasteiger partial charge >= 0.3 is 0 Å². The monoisotopic (exact) mass is 242 g/mol. The maximum absolute atomic E-state index is 9.71. The van der Waals surface area contributed by atoms with E-state index in [1.54, 1.807) is 41.4 Å². The second kappa shape index (κ2) is 3.99. The van der Waals surface area contributed by atoms with Gasteiger partial charge in [0, 0.05) is 7.05 Å². The molecule has 0 amide bonds. The zero-order chi connectivity index (χ0) is 12.5. The van der Waals surface area contributed by atoms with Gasteiger partial charge in [-0.1, -0.05) is 17.3 Å². The van der Waals surface area contributed by atoms with Crippen molar-refractivity contribution in [2.75, 3.05) is 0 Å². The summed E-state index contributed by atoms with van der Waals surface area (Å²) in [5.74, 6) is 0.829. The van der Waals surface area contributed by atoms with Gasteiger partial charge in [0.1, 0.15) is 11.4 Å². The van der Waals surface area contributed by atoms with Gasteiger partial charge in [-0.05, 0) is 12.1 Å². The van der Waals surface area contributed by atoms with E-state index < -0.39 is 0 Å². The number of aromatic nitrogens is 4. The van der Waals surface area contributed by atoms with E-state index in [9.17, 15) is 5.11 Å². The quantitative estimate of drug-likeness (QED) is 0.742. The van der Waals surface area contributed by atoms with Gasteiger partial charge in [-0.15, -0.1) is 0 Å². The zero-order valence-corrected chi connectivity index (χ0v) is 9.61. The summed E-state index contributed by atoms with van der Waals surface area (Å²) < 4.78 is 6.94. The number of imidazole rings is 1. The van der Waals surface area contributed by atoms with E-state index >= 15 is 0 Å². The van der Waals surface area contributed by atoms with Crippen LogP contribution in [0.15, 0.2) is 41.3 Å². The normalized spacial score (nSPS) is 10.7. The standard InChI is InChI=1S/C12H10N4O2/c1-16-7-13-6-9(16)11-14-12(18-15-11)8-4-2-3-5-10(8)17/h2-7,17H,1H3. The maximum Gasteiger partial charge on any atom is 0.262 e. The van der Waals surface area contributed by atoms with Crippen molar-refractivity contribution in [2.45, 2.75) is 0 Å². The lowest BCUT2D eigenvalue weighted by Gasteiger charge is -1.96. The maximum atomic E-state index is 9.71.